The van der Waals surface area contributed by atoms with Crippen molar-refractivity contribution in [2.24, 2.45) is 0 Å². The molecule has 2 atom stereocenters. The Labute approximate surface area is 323 Å². The Bertz CT molecular complexity index is 1950. The Morgan fingerprint density at radius 1 is 0.510 bits per heavy atom. The SMILES string of the molecule is CCCCc1ccc(-c2cccc3c2C=[C-]C3c2ccc(C)o2)cc1.CCCCc1ccc(-c2cccc3c2C=[C-]C3c2ccc(C)o2)cc1.[Zr+2]. The molecule has 0 fully saturated rings. The predicted octanol–water partition coefficient (Wildman–Crippen LogP) is 13.1. The van der Waals surface area contributed by atoms with Gasteiger partial charge in [0.05, 0.1) is 11.5 Å². The molecule has 6 aromatic rings. The minimum Gasteiger partial charge on any atom is -0.467 e. The molecular formula is C48H46O2Zr. The number of hydrogen-bond acceptors (Lipinski definition) is 2. The van der Waals surface area contributed by atoms with E-state index >= 15 is 0 Å². The van der Waals surface area contributed by atoms with E-state index in [2.05, 4.69) is 135 Å². The van der Waals surface area contributed by atoms with Crippen LogP contribution in [0.25, 0.3) is 34.4 Å². The summed E-state index contributed by atoms with van der Waals surface area (Å²) >= 11 is 0. The topological polar surface area (TPSA) is 26.3 Å². The molecule has 0 saturated carbocycles. The average Bonchev–Trinajstić information content (AvgIpc) is 3.97. The molecular weight excluding hydrogens is 700 g/mol. The van der Waals surface area contributed by atoms with Gasteiger partial charge in [0.15, 0.2) is 0 Å². The molecule has 0 radical (unpaired) electrons. The number of furan rings is 2. The van der Waals surface area contributed by atoms with E-state index in [0.717, 1.165) is 35.9 Å². The number of rotatable bonds is 10. The van der Waals surface area contributed by atoms with Crippen LogP contribution in [0.4, 0.5) is 0 Å². The van der Waals surface area contributed by atoms with E-state index < -0.39 is 0 Å². The van der Waals surface area contributed by atoms with Gasteiger partial charge in [0.2, 0.25) is 0 Å². The summed E-state index contributed by atoms with van der Waals surface area (Å²) < 4.78 is 11.7. The van der Waals surface area contributed by atoms with Crippen molar-refractivity contribution in [3.63, 3.8) is 0 Å². The van der Waals surface area contributed by atoms with Gasteiger partial charge in [0, 0.05) is 0 Å². The Hall–Kier alpha value is -4.20. The summed E-state index contributed by atoms with van der Waals surface area (Å²) in [6.07, 6.45) is 18.5. The van der Waals surface area contributed by atoms with Gasteiger partial charge in [0.1, 0.15) is 11.5 Å². The van der Waals surface area contributed by atoms with Gasteiger partial charge in [-0.15, -0.1) is 11.1 Å². The maximum Gasteiger partial charge on any atom is 2.00 e. The zero-order valence-corrected chi connectivity index (χ0v) is 32.7. The molecule has 2 nitrogen and oxygen atoms in total. The van der Waals surface area contributed by atoms with Crippen LogP contribution in [0.15, 0.2) is 118 Å². The summed E-state index contributed by atoms with van der Waals surface area (Å²) in [6.45, 7) is 8.45. The third-order valence-corrected chi connectivity index (χ3v) is 9.95. The Kier molecular flexibility index (Phi) is 12.1. The monoisotopic (exact) mass is 744 g/mol. The molecule has 254 valence electrons. The van der Waals surface area contributed by atoms with Crippen molar-refractivity contribution < 1.29 is 35.0 Å². The van der Waals surface area contributed by atoms with Gasteiger partial charge < -0.3 is 8.83 Å². The first-order valence-corrected chi connectivity index (χ1v) is 18.3. The Balaban J connectivity index is 0.000000172. The van der Waals surface area contributed by atoms with Gasteiger partial charge in [-0.25, -0.2) is 12.2 Å². The van der Waals surface area contributed by atoms with Crippen molar-refractivity contribution >= 4 is 12.2 Å². The second kappa shape index (κ2) is 16.9. The molecule has 2 aliphatic carbocycles. The first-order valence-electron chi connectivity index (χ1n) is 18.3. The van der Waals surface area contributed by atoms with Crippen molar-refractivity contribution in [3.05, 3.63) is 178 Å². The first kappa shape index (κ1) is 36.6. The fourth-order valence-electron chi connectivity index (χ4n) is 7.16. The molecule has 4 aromatic carbocycles. The maximum absolute atomic E-state index is 5.84. The standard InChI is InChI=1S/2C24H23O.Zr/c2*1-3-4-6-18-10-12-19(13-11-18)20-7-5-8-21-22(20)14-15-23(21)24-16-9-17(2)25-24;/h2*5,7-14,16,23H,3-4,6H2,1-2H3;/q2*-1;+2. The first-order chi connectivity index (χ1) is 24.5. The zero-order chi connectivity index (χ0) is 34.5. The van der Waals surface area contributed by atoms with E-state index in [4.69, 9.17) is 8.83 Å². The van der Waals surface area contributed by atoms with E-state index in [-0.39, 0.29) is 38.0 Å². The molecule has 0 aliphatic heterocycles. The smallest absolute Gasteiger partial charge is 0.467 e. The minimum absolute atomic E-state index is 0. The quantitative estimate of drug-likeness (QED) is 0.131. The summed E-state index contributed by atoms with van der Waals surface area (Å²) in [5.41, 5.74) is 13.0. The second-order valence-electron chi connectivity index (χ2n) is 13.6. The van der Waals surface area contributed by atoms with Gasteiger partial charge >= 0.3 is 26.2 Å². The summed E-state index contributed by atoms with van der Waals surface area (Å²) in [5, 5.41) is 0. The zero-order valence-electron chi connectivity index (χ0n) is 30.3. The van der Waals surface area contributed by atoms with Crippen molar-refractivity contribution in [2.45, 2.75) is 78.1 Å². The normalized spacial score (nSPS) is 15.2. The number of fused-ring (bicyclic) bond motifs is 2. The summed E-state index contributed by atoms with van der Waals surface area (Å²) in [6, 6.07) is 39.3. The molecule has 2 unspecified atom stereocenters. The van der Waals surface area contributed by atoms with Crippen LogP contribution in [-0.2, 0) is 39.0 Å². The predicted molar refractivity (Wildman–Crippen MR) is 207 cm³/mol. The molecule has 8 rings (SSSR count). The van der Waals surface area contributed by atoms with Gasteiger partial charge in [-0.3, -0.25) is 12.2 Å². The molecule has 2 aliphatic rings. The summed E-state index contributed by atoms with van der Waals surface area (Å²) in [7, 11) is 0. The van der Waals surface area contributed by atoms with E-state index in [0.29, 0.717) is 0 Å². The van der Waals surface area contributed by atoms with Crippen molar-refractivity contribution in [3.8, 4) is 22.3 Å². The third kappa shape index (κ3) is 8.16. The van der Waals surface area contributed by atoms with Gasteiger partial charge in [0.25, 0.3) is 0 Å². The van der Waals surface area contributed by atoms with E-state index in [1.54, 1.807) is 0 Å². The van der Waals surface area contributed by atoms with Gasteiger partial charge in [-0.2, -0.15) is 11.1 Å². The number of hydrogen-bond donors (Lipinski definition) is 0. The average molecular weight is 746 g/mol. The van der Waals surface area contributed by atoms with E-state index in [9.17, 15) is 0 Å². The van der Waals surface area contributed by atoms with Crippen LogP contribution in [0.2, 0.25) is 0 Å². The number of allylic oxidation sites excluding steroid dienone is 2. The number of aryl methyl sites for hydroxylation is 4. The van der Waals surface area contributed by atoms with Crippen LogP contribution >= 0.6 is 0 Å². The van der Waals surface area contributed by atoms with Crippen LogP contribution in [0.5, 0.6) is 0 Å². The van der Waals surface area contributed by atoms with Gasteiger partial charge in [-0.05, 0) is 97.9 Å². The number of unbranched alkanes of at least 4 members (excludes halogenated alkanes) is 2. The molecule has 51 heavy (non-hydrogen) atoms. The molecule has 0 amide bonds. The second-order valence-corrected chi connectivity index (χ2v) is 13.6. The fraction of sp³-hybridized carbons (Fsp3) is 0.250. The van der Waals surface area contributed by atoms with Crippen LogP contribution in [0, 0.1) is 26.0 Å². The van der Waals surface area contributed by atoms with E-state index in [1.807, 2.05) is 26.0 Å². The summed E-state index contributed by atoms with van der Waals surface area (Å²) in [5.74, 6) is 4.05. The van der Waals surface area contributed by atoms with E-state index in [1.165, 1.54) is 81.3 Å². The molecule has 0 N–H and O–H groups in total. The van der Waals surface area contributed by atoms with Crippen LogP contribution in [-0.4, -0.2) is 0 Å². The molecule has 2 heterocycles. The molecule has 2 aromatic heterocycles. The van der Waals surface area contributed by atoms with Crippen molar-refractivity contribution in [1.29, 1.82) is 0 Å². The minimum atomic E-state index is 0. The Morgan fingerprint density at radius 2 is 0.922 bits per heavy atom. The fourth-order valence-corrected chi connectivity index (χ4v) is 7.16. The van der Waals surface area contributed by atoms with Crippen LogP contribution < -0.4 is 0 Å². The largest absolute Gasteiger partial charge is 2.00 e. The van der Waals surface area contributed by atoms with Crippen molar-refractivity contribution in [2.75, 3.05) is 0 Å². The van der Waals surface area contributed by atoms with Gasteiger partial charge in [-0.1, -0.05) is 123 Å². The third-order valence-electron chi connectivity index (χ3n) is 9.95. The summed E-state index contributed by atoms with van der Waals surface area (Å²) in [4.78, 5) is 0. The van der Waals surface area contributed by atoms with Crippen LogP contribution in [0.3, 0.4) is 0 Å². The molecule has 0 spiro atoms. The maximum atomic E-state index is 5.84. The van der Waals surface area contributed by atoms with Crippen LogP contribution in [0.1, 0.15) is 108 Å². The van der Waals surface area contributed by atoms with Crippen molar-refractivity contribution in [1.82, 2.24) is 0 Å². The molecule has 0 bridgehead atoms. The molecule has 3 heteroatoms. The Morgan fingerprint density at radius 3 is 1.27 bits per heavy atom. The number of benzene rings is 4. The molecule has 0 saturated heterocycles.